The van der Waals surface area contributed by atoms with Crippen molar-refractivity contribution in [2.24, 2.45) is 7.05 Å². The van der Waals surface area contributed by atoms with Gasteiger partial charge >= 0.3 is 0 Å². The van der Waals surface area contributed by atoms with Crippen LogP contribution in [-0.4, -0.2) is 39.2 Å². The van der Waals surface area contributed by atoms with Crippen molar-refractivity contribution in [3.8, 4) is 11.3 Å². The quantitative estimate of drug-likeness (QED) is 0.719. The minimum absolute atomic E-state index is 0.104. The second kappa shape index (κ2) is 7.25. The predicted octanol–water partition coefficient (Wildman–Crippen LogP) is 2.94. The number of hydrogen-bond donors (Lipinski definition) is 0. The fourth-order valence-electron chi connectivity index (χ4n) is 2.57. The topological polar surface area (TPSA) is 51.0 Å². The number of carbonyl (C=O) groups excluding carboxylic acids is 1. The molecule has 0 atom stereocenters. The van der Waals surface area contributed by atoms with Crippen molar-refractivity contribution in [2.45, 2.75) is 6.42 Å². The first-order valence-electron chi connectivity index (χ1n) is 7.99. The van der Waals surface area contributed by atoms with E-state index in [1.54, 1.807) is 54.3 Å². The molecule has 0 unspecified atom stereocenters. The van der Waals surface area contributed by atoms with Crippen LogP contribution in [0.4, 0.5) is 4.39 Å². The summed E-state index contributed by atoms with van der Waals surface area (Å²) in [6.07, 6.45) is 4.26. The molecule has 2 heterocycles. The molecule has 0 N–H and O–H groups in total. The van der Waals surface area contributed by atoms with E-state index in [2.05, 4.69) is 10.1 Å². The third-order valence-electron chi connectivity index (χ3n) is 4.04. The molecule has 3 rings (SSSR count). The number of likely N-dealkylation sites (N-methyl/N-ethyl adjacent to an activating group) is 1. The number of pyridine rings is 1. The maximum atomic E-state index is 13.1. The van der Waals surface area contributed by atoms with E-state index < -0.39 is 0 Å². The Labute approximate surface area is 145 Å². The molecule has 1 aromatic carbocycles. The Kier molecular flexibility index (Phi) is 4.88. The summed E-state index contributed by atoms with van der Waals surface area (Å²) >= 11 is 0. The Bertz CT molecular complexity index is 859. The van der Waals surface area contributed by atoms with Crippen LogP contribution >= 0.6 is 0 Å². The van der Waals surface area contributed by atoms with Gasteiger partial charge in [-0.2, -0.15) is 5.10 Å². The zero-order valence-corrected chi connectivity index (χ0v) is 14.2. The first-order valence-corrected chi connectivity index (χ1v) is 7.99. The van der Waals surface area contributed by atoms with E-state index in [4.69, 9.17) is 0 Å². The largest absolute Gasteiger partial charge is 0.340 e. The number of hydrogen-bond acceptors (Lipinski definition) is 3. The van der Waals surface area contributed by atoms with Crippen LogP contribution in [0.2, 0.25) is 0 Å². The first kappa shape index (κ1) is 16.8. The molecule has 0 radical (unpaired) electrons. The van der Waals surface area contributed by atoms with Crippen molar-refractivity contribution in [3.05, 3.63) is 71.9 Å². The average molecular weight is 338 g/mol. The zero-order chi connectivity index (χ0) is 17.8. The standard InChI is InChI=1S/C19H19FN4O/c1-23(11-9-14-4-3-10-21-13-14)19(25)18-12-17(22-24(18)2)15-5-7-16(20)8-6-15/h3-8,10,12-13H,9,11H2,1-2H3. The van der Waals surface area contributed by atoms with Gasteiger partial charge in [-0.25, -0.2) is 4.39 Å². The molecule has 0 aliphatic rings. The van der Waals surface area contributed by atoms with E-state index in [9.17, 15) is 9.18 Å². The predicted molar refractivity (Wildman–Crippen MR) is 93.5 cm³/mol. The number of benzene rings is 1. The maximum Gasteiger partial charge on any atom is 0.271 e. The zero-order valence-electron chi connectivity index (χ0n) is 14.2. The maximum absolute atomic E-state index is 13.1. The first-order chi connectivity index (χ1) is 12.0. The van der Waals surface area contributed by atoms with Gasteiger partial charge in [-0.3, -0.25) is 14.5 Å². The number of halogens is 1. The van der Waals surface area contributed by atoms with E-state index in [1.165, 1.54) is 12.1 Å². The van der Waals surface area contributed by atoms with Gasteiger partial charge in [-0.05, 0) is 48.4 Å². The van der Waals surface area contributed by atoms with Gasteiger partial charge in [0, 0.05) is 38.6 Å². The molecule has 0 saturated heterocycles. The molecule has 0 saturated carbocycles. The van der Waals surface area contributed by atoms with Gasteiger partial charge in [0.05, 0.1) is 5.69 Å². The van der Waals surface area contributed by atoms with Gasteiger partial charge in [-0.15, -0.1) is 0 Å². The lowest BCUT2D eigenvalue weighted by Crippen LogP contribution is -2.30. The summed E-state index contributed by atoms with van der Waals surface area (Å²) in [7, 11) is 3.50. The fraction of sp³-hybridized carbons (Fsp3) is 0.211. The van der Waals surface area contributed by atoms with E-state index in [-0.39, 0.29) is 11.7 Å². The van der Waals surface area contributed by atoms with Crippen LogP contribution < -0.4 is 0 Å². The van der Waals surface area contributed by atoms with Crippen LogP contribution in [0.1, 0.15) is 16.1 Å². The van der Waals surface area contributed by atoms with Crippen molar-refractivity contribution < 1.29 is 9.18 Å². The lowest BCUT2D eigenvalue weighted by molar-refractivity contribution is 0.0786. The molecule has 25 heavy (non-hydrogen) atoms. The number of aromatic nitrogens is 3. The fourth-order valence-corrected chi connectivity index (χ4v) is 2.57. The lowest BCUT2D eigenvalue weighted by Gasteiger charge is -2.16. The number of carbonyl (C=O) groups is 1. The second-order valence-corrected chi connectivity index (χ2v) is 5.88. The second-order valence-electron chi connectivity index (χ2n) is 5.88. The molecule has 2 aromatic heterocycles. The van der Waals surface area contributed by atoms with Crippen LogP contribution in [0.3, 0.4) is 0 Å². The molecule has 1 amide bonds. The average Bonchev–Trinajstić information content (AvgIpc) is 3.02. The molecule has 128 valence electrons. The molecular formula is C19H19FN4O. The minimum Gasteiger partial charge on any atom is -0.340 e. The van der Waals surface area contributed by atoms with Crippen LogP contribution in [0.5, 0.6) is 0 Å². The van der Waals surface area contributed by atoms with Crippen LogP contribution in [-0.2, 0) is 13.5 Å². The van der Waals surface area contributed by atoms with E-state index >= 15 is 0 Å². The van der Waals surface area contributed by atoms with Crippen molar-refractivity contribution in [2.75, 3.05) is 13.6 Å². The normalized spacial score (nSPS) is 10.7. The van der Waals surface area contributed by atoms with E-state index in [0.717, 1.165) is 17.5 Å². The van der Waals surface area contributed by atoms with Gasteiger partial charge < -0.3 is 4.90 Å². The highest BCUT2D eigenvalue weighted by Gasteiger charge is 2.18. The number of aryl methyl sites for hydroxylation is 1. The molecule has 6 heteroatoms. The van der Waals surface area contributed by atoms with Crippen LogP contribution in [0, 0.1) is 5.82 Å². The Hall–Kier alpha value is -3.02. The van der Waals surface area contributed by atoms with Gasteiger partial charge in [-0.1, -0.05) is 6.07 Å². The number of amides is 1. The van der Waals surface area contributed by atoms with Gasteiger partial charge in [0.25, 0.3) is 5.91 Å². The SMILES string of the molecule is CN(CCc1cccnc1)C(=O)c1cc(-c2ccc(F)cc2)nn1C. The number of nitrogens with zero attached hydrogens (tertiary/aromatic N) is 4. The molecule has 0 fully saturated rings. The van der Waals surface area contributed by atoms with Gasteiger partial charge in [0.2, 0.25) is 0 Å². The molecule has 3 aromatic rings. The molecule has 0 aliphatic carbocycles. The molecule has 0 bridgehead atoms. The highest BCUT2D eigenvalue weighted by Crippen LogP contribution is 2.20. The van der Waals surface area contributed by atoms with Crippen molar-refractivity contribution in [1.82, 2.24) is 19.7 Å². The Balaban J connectivity index is 1.72. The molecular weight excluding hydrogens is 319 g/mol. The minimum atomic E-state index is -0.300. The number of rotatable bonds is 5. The summed E-state index contributed by atoms with van der Waals surface area (Å²) in [4.78, 5) is 18.4. The Morgan fingerprint density at radius 1 is 1.24 bits per heavy atom. The Morgan fingerprint density at radius 2 is 2.00 bits per heavy atom. The highest BCUT2D eigenvalue weighted by atomic mass is 19.1. The summed E-state index contributed by atoms with van der Waals surface area (Å²) in [5, 5.41) is 4.37. The van der Waals surface area contributed by atoms with Crippen molar-refractivity contribution in [1.29, 1.82) is 0 Å². The van der Waals surface area contributed by atoms with Gasteiger partial charge in [0.1, 0.15) is 11.5 Å². The van der Waals surface area contributed by atoms with Crippen LogP contribution in [0.15, 0.2) is 54.9 Å². The van der Waals surface area contributed by atoms with E-state index in [1.807, 2.05) is 12.1 Å². The monoisotopic (exact) mass is 338 g/mol. The molecule has 0 spiro atoms. The van der Waals surface area contributed by atoms with Crippen molar-refractivity contribution >= 4 is 5.91 Å². The summed E-state index contributed by atoms with van der Waals surface area (Å²) in [5.74, 6) is -0.404. The van der Waals surface area contributed by atoms with E-state index in [0.29, 0.717) is 17.9 Å². The summed E-state index contributed by atoms with van der Waals surface area (Å²) in [6.45, 7) is 0.585. The van der Waals surface area contributed by atoms with Gasteiger partial charge in [0.15, 0.2) is 0 Å². The Morgan fingerprint density at radius 3 is 2.68 bits per heavy atom. The summed E-state index contributed by atoms with van der Waals surface area (Å²) in [6, 6.07) is 11.7. The molecule has 5 nitrogen and oxygen atoms in total. The third kappa shape index (κ3) is 3.91. The van der Waals surface area contributed by atoms with Crippen LogP contribution in [0.25, 0.3) is 11.3 Å². The summed E-state index contributed by atoms with van der Waals surface area (Å²) < 4.78 is 14.6. The lowest BCUT2D eigenvalue weighted by atomic mass is 10.1. The molecule has 0 aliphatic heterocycles. The highest BCUT2D eigenvalue weighted by molar-refractivity contribution is 5.93. The van der Waals surface area contributed by atoms with Crippen molar-refractivity contribution in [3.63, 3.8) is 0 Å². The summed E-state index contributed by atoms with van der Waals surface area (Å²) in [5.41, 5.74) is 2.99. The third-order valence-corrected chi connectivity index (χ3v) is 4.04. The smallest absolute Gasteiger partial charge is 0.271 e.